The molecule has 6 heteroatoms. The molecule has 3 heterocycles. The number of aryl methyl sites for hydroxylation is 2. The van der Waals surface area contributed by atoms with Crippen LogP contribution in [0.5, 0.6) is 0 Å². The van der Waals surface area contributed by atoms with Crippen LogP contribution in [0.15, 0.2) is 35.7 Å². The Bertz CT molecular complexity index is 1010. The van der Waals surface area contributed by atoms with Crippen LogP contribution in [0.3, 0.4) is 0 Å². The number of thiophene rings is 1. The molecule has 5 rings (SSSR count). The smallest absolute Gasteiger partial charge is 0.253 e. The Labute approximate surface area is 181 Å². The third-order valence-corrected chi connectivity index (χ3v) is 7.42. The minimum atomic E-state index is 0.00632. The summed E-state index contributed by atoms with van der Waals surface area (Å²) in [6.45, 7) is 3.91. The first-order valence-electron chi connectivity index (χ1n) is 11.1. The molecule has 1 saturated heterocycles. The van der Waals surface area contributed by atoms with Gasteiger partial charge in [0.05, 0.1) is 30.3 Å². The highest BCUT2D eigenvalue weighted by atomic mass is 32.1. The number of amides is 1. The van der Waals surface area contributed by atoms with Crippen molar-refractivity contribution >= 4 is 28.1 Å². The summed E-state index contributed by atoms with van der Waals surface area (Å²) in [6, 6.07) is 10.6. The number of nitrogens with one attached hydrogen (secondary N) is 2. The van der Waals surface area contributed by atoms with Crippen LogP contribution in [-0.2, 0) is 17.6 Å². The summed E-state index contributed by atoms with van der Waals surface area (Å²) < 4.78 is 5.53. The Balaban J connectivity index is 1.37. The molecule has 0 spiro atoms. The maximum absolute atomic E-state index is 13.2. The molecule has 1 aliphatic carbocycles. The average Bonchev–Trinajstić information content (AvgIpc) is 3.37. The van der Waals surface area contributed by atoms with E-state index in [4.69, 9.17) is 4.74 Å². The Kier molecular flexibility index (Phi) is 5.88. The maximum atomic E-state index is 13.2. The second kappa shape index (κ2) is 8.92. The van der Waals surface area contributed by atoms with Crippen molar-refractivity contribution in [1.29, 1.82) is 0 Å². The van der Waals surface area contributed by atoms with Gasteiger partial charge in [-0.15, -0.1) is 11.3 Å². The second-order valence-electron chi connectivity index (χ2n) is 8.26. The van der Waals surface area contributed by atoms with E-state index >= 15 is 0 Å². The number of benzene rings is 1. The summed E-state index contributed by atoms with van der Waals surface area (Å²) >= 11 is 1.75. The van der Waals surface area contributed by atoms with Crippen LogP contribution in [0.1, 0.15) is 51.8 Å². The number of hydrogen-bond donors (Lipinski definition) is 2. The predicted octanol–water partition coefficient (Wildman–Crippen LogP) is 4.30. The first-order chi connectivity index (χ1) is 14.8. The molecule has 1 fully saturated rings. The molecule has 3 aromatic rings. The molecule has 1 atom stereocenters. The molecule has 0 radical (unpaired) electrons. The van der Waals surface area contributed by atoms with E-state index in [1.165, 1.54) is 40.8 Å². The van der Waals surface area contributed by atoms with Crippen molar-refractivity contribution in [3.8, 4) is 0 Å². The summed E-state index contributed by atoms with van der Waals surface area (Å²) in [4.78, 5) is 20.5. The van der Waals surface area contributed by atoms with Crippen LogP contribution in [0.4, 0.5) is 0 Å². The highest BCUT2D eigenvalue weighted by Gasteiger charge is 2.25. The topological polar surface area (TPSA) is 57.4 Å². The number of para-hydroxylation sites is 1. The monoisotopic (exact) mass is 423 g/mol. The fourth-order valence-corrected chi connectivity index (χ4v) is 5.72. The van der Waals surface area contributed by atoms with Gasteiger partial charge >= 0.3 is 0 Å². The summed E-state index contributed by atoms with van der Waals surface area (Å²) in [5, 5.41) is 6.57. The van der Waals surface area contributed by atoms with Crippen molar-refractivity contribution in [2.45, 2.75) is 38.1 Å². The van der Waals surface area contributed by atoms with Gasteiger partial charge in [0.25, 0.3) is 5.91 Å². The number of fused-ring (bicyclic) bond motifs is 3. The second-order valence-corrected chi connectivity index (χ2v) is 9.24. The molecule has 2 aromatic heterocycles. The van der Waals surface area contributed by atoms with E-state index in [1.807, 2.05) is 12.1 Å². The molecule has 2 aliphatic rings. The lowest BCUT2D eigenvalue weighted by Gasteiger charge is -2.34. The first-order valence-corrected chi connectivity index (χ1v) is 11.9. The minimum Gasteiger partial charge on any atom is -0.379 e. The number of aromatic amines is 1. The van der Waals surface area contributed by atoms with Gasteiger partial charge < -0.3 is 15.0 Å². The number of H-pyrrole nitrogens is 1. The van der Waals surface area contributed by atoms with E-state index in [2.05, 4.69) is 38.8 Å². The lowest BCUT2D eigenvalue weighted by molar-refractivity contribution is 0.0169. The van der Waals surface area contributed by atoms with Crippen LogP contribution in [-0.4, -0.2) is 48.6 Å². The molecule has 2 N–H and O–H groups in total. The fraction of sp³-hybridized carbons (Fsp3) is 0.458. The van der Waals surface area contributed by atoms with Gasteiger partial charge in [0.15, 0.2) is 0 Å². The van der Waals surface area contributed by atoms with Gasteiger partial charge in [-0.3, -0.25) is 9.69 Å². The van der Waals surface area contributed by atoms with Crippen molar-refractivity contribution in [1.82, 2.24) is 15.2 Å². The Morgan fingerprint density at radius 3 is 2.83 bits per heavy atom. The van der Waals surface area contributed by atoms with Crippen LogP contribution < -0.4 is 5.32 Å². The lowest BCUT2D eigenvalue weighted by Crippen LogP contribution is -2.43. The number of hydrogen-bond acceptors (Lipinski definition) is 4. The number of morpholine rings is 1. The largest absolute Gasteiger partial charge is 0.379 e. The standard InChI is InChI=1S/C24H29N3O2S/c28-24(25-16-21(22-10-5-15-30-22)27-11-13-29-14-12-27)19-8-4-7-18-17-6-2-1-3-9-20(17)26-23(18)19/h4-5,7-8,10,15,21,26H,1-3,6,9,11-14,16H2,(H,25,28)/t21-/m0/s1. The number of ether oxygens (including phenoxy) is 1. The minimum absolute atomic E-state index is 0.00632. The molecule has 30 heavy (non-hydrogen) atoms. The van der Waals surface area contributed by atoms with Gasteiger partial charge in [-0.05, 0) is 48.8 Å². The van der Waals surface area contributed by atoms with E-state index < -0.39 is 0 Å². The van der Waals surface area contributed by atoms with Gasteiger partial charge in [-0.1, -0.05) is 24.6 Å². The zero-order valence-corrected chi connectivity index (χ0v) is 18.1. The predicted molar refractivity (Wildman–Crippen MR) is 121 cm³/mol. The van der Waals surface area contributed by atoms with Crippen LogP contribution in [0.2, 0.25) is 0 Å². The molecule has 0 unspecified atom stereocenters. The number of carbonyl (C=O) groups is 1. The molecule has 1 aliphatic heterocycles. The number of nitrogens with zero attached hydrogens (tertiary/aromatic N) is 1. The molecule has 5 nitrogen and oxygen atoms in total. The highest BCUT2D eigenvalue weighted by Crippen LogP contribution is 2.30. The lowest BCUT2D eigenvalue weighted by atomic mass is 10.0. The SMILES string of the molecule is O=C(NC[C@@H](c1cccs1)N1CCOCC1)c1cccc2c3c([nH]c12)CCCCC3. The van der Waals surface area contributed by atoms with Gasteiger partial charge in [0.2, 0.25) is 0 Å². The van der Waals surface area contributed by atoms with E-state index in [-0.39, 0.29) is 11.9 Å². The van der Waals surface area contributed by atoms with E-state index in [0.29, 0.717) is 6.54 Å². The molecular formula is C24H29N3O2S. The van der Waals surface area contributed by atoms with Gasteiger partial charge in [0.1, 0.15) is 0 Å². The van der Waals surface area contributed by atoms with E-state index in [0.717, 1.165) is 50.2 Å². The maximum Gasteiger partial charge on any atom is 0.253 e. The summed E-state index contributed by atoms with van der Waals surface area (Å²) in [6.07, 6.45) is 5.94. The van der Waals surface area contributed by atoms with Crippen molar-refractivity contribution in [3.05, 3.63) is 57.4 Å². The van der Waals surface area contributed by atoms with Crippen molar-refractivity contribution in [2.24, 2.45) is 0 Å². The van der Waals surface area contributed by atoms with E-state index in [9.17, 15) is 4.79 Å². The number of carbonyl (C=O) groups excluding carboxylic acids is 1. The fourth-order valence-electron chi connectivity index (χ4n) is 4.86. The Hall–Kier alpha value is -2.15. The van der Waals surface area contributed by atoms with Crippen molar-refractivity contribution in [2.75, 3.05) is 32.8 Å². The molecule has 0 saturated carbocycles. The highest BCUT2D eigenvalue weighted by molar-refractivity contribution is 7.10. The summed E-state index contributed by atoms with van der Waals surface area (Å²) in [7, 11) is 0. The molecule has 158 valence electrons. The number of aromatic nitrogens is 1. The van der Waals surface area contributed by atoms with Crippen molar-refractivity contribution in [3.63, 3.8) is 0 Å². The normalized spacial score (nSPS) is 18.7. The van der Waals surface area contributed by atoms with Crippen LogP contribution in [0, 0.1) is 0 Å². The van der Waals surface area contributed by atoms with E-state index in [1.54, 1.807) is 11.3 Å². The molecule has 0 bridgehead atoms. The molecular weight excluding hydrogens is 394 g/mol. The zero-order valence-electron chi connectivity index (χ0n) is 17.3. The molecule has 1 amide bonds. The third-order valence-electron chi connectivity index (χ3n) is 6.44. The zero-order chi connectivity index (χ0) is 20.3. The Morgan fingerprint density at radius 1 is 1.13 bits per heavy atom. The molecule has 1 aromatic carbocycles. The third kappa shape index (κ3) is 3.92. The summed E-state index contributed by atoms with van der Waals surface area (Å²) in [5.74, 6) is 0.00632. The Morgan fingerprint density at radius 2 is 2.00 bits per heavy atom. The average molecular weight is 424 g/mol. The van der Waals surface area contributed by atoms with Crippen LogP contribution in [0.25, 0.3) is 10.9 Å². The summed E-state index contributed by atoms with van der Waals surface area (Å²) in [5.41, 5.74) is 4.50. The quantitative estimate of drug-likeness (QED) is 0.602. The van der Waals surface area contributed by atoms with Gasteiger partial charge in [-0.25, -0.2) is 0 Å². The first kappa shape index (κ1) is 19.8. The van der Waals surface area contributed by atoms with Crippen LogP contribution >= 0.6 is 11.3 Å². The van der Waals surface area contributed by atoms with Gasteiger partial charge in [-0.2, -0.15) is 0 Å². The number of rotatable bonds is 5. The van der Waals surface area contributed by atoms with Gasteiger partial charge in [0, 0.05) is 35.6 Å². The van der Waals surface area contributed by atoms with Crippen molar-refractivity contribution < 1.29 is 9.53 Å².